The number of aromatic nitrogens is 4. The summed E-state index contributed by atoms with van der Waals surface area (Å²) < 4.78 is 6.63. The molecular formula is C18H14N4O2. The highest BCUT2D eigenvalue weighted by Gasteiger charge is 2.18. The summed E-state index contributed by atoms with van der Waals surface area (Å²) in [6.45, 7) is 2.06. The fraction of sp³-hybridized carbons (Fsp3) is 0.111. The first-order chi connectivity index (χ1) is 11.7. The number of aryl methyl sites for hydroxylation is 1. The lowest BCUT2D eigenvalue weighted by Crippen LogP contribution is -2.25. The predicted molar refractivity (Wildman–Crippen MR) is 89.6 cm³/mol. The Balaban J connectivity index is 1.96. The van der Waals surface area contributed by atoms with Crippen molar-refractivity contribution in [2.45, 2.75) is 13.5 Å². The summed E-state index contributed by atoms with van der Waals surface area (Å²) in [7, 11) is 0. The monoisotopic (exact) mass is 318 g/mol. The quantitative estimate of drug-likeness (QED) is 0.581. The summed E-state index contributed by atoms with van der Waals surface area (Å²) in [5.74, 6) is 0.582. The van der Waals surface area contributed by atoms with Crippen LogP contribution in [0.15, 0.2) is 64.0 Å². The third-order valence-corrected chi connectivity index (χ3v) is 3.84. The van der Waals surface area contributed by atoms with E-state index < -0.39 is 0 Å². The SMILES string of the molecule is Cc1onc2c(=O)n(Cc3ccccn3)nc(-c3ccccc3)c12. The van der Waals surface area contributed by atoms with Gasteiger partial charge in [0.2, 0.25) is 0 Å². The average molecular weight is 318 g/mol. The van der Waals surface area contributed by atoms with Crippen LogP contribution in [0.4, 0.5) is 0 Å². The van der Waals surface area contributed by atoms with Crippen LogP contribution < -0.4 is 5.56 Å². The van der Waals surface area contributed by atoms with Gasteiger partial charge in [-0.3, -0.25) is 9.78 Å². The maximum atomic E-state index is 12.7. The van der Waals surface area contributed by atoms with Crippen LogP contribution in [0.25, 0.3) is 22.2 Å². The Morgan fingerprint density at radius 1 is 1.08 bits per heavy atom. The molecule has 118 valence electrons. The van der Waals surface area contributed by atoms with Crippen molar-refractivity contribution in [2.75, 3.05) is 0 Å². The molecule has 24 heavy (non-hydrogen) atoms. The highest BCUT2D eigenvalue weighted by Crippen LogP contribution is 2.26. The van der Waals surface area contributed by atoms with Crippen LogP contribution in [-0.4, -0.2) is 19.9 Å². The highest BCUT2D eigenvalue weighted by molar-refractivity contribution is 5.92. The van der Waals surface area contributed by atoms with E-state index >= 15 is 0 Å². The lowest BCUT2D eigenvalue weighted by Gasteiger charge is -2.08. The maximum absolute atomic E-state index is 12.7. The molecule has 0 N–H and O–H groups in total. The second-order valence-electron chi connectivity index (χ2n) is 5.46. The van der Waals surface area contributed by atoms with E-state index in [1.54, 1.807) is 13.1 Å². The van der Waals surface area contributed by atoms with Gasteiger partial charge in [0.1, 0.15) is 11.5 Å². The number of nitrogens with zero attached hydrogens (tertiary/aromatic N) is 4. The van der Waals surface area contributed by atoms with E-state index in [9.17, 15) is 4.79 Å². The molecule has 0 saturated carbocycles. The minimum atomic E-state index is -0.285. The fourth-order valence-corrected chi connectivity index (χ4v) is 2.69. The number of rotatable bonds is 3. The largest absolute Gasteiger partial charge is 0.360 e. The third kappa shape index (κ3) is 2.38. The van der Waals surface area contributed by atoms with E-state index in [2.05, 4.69) is 15.2 Å². The van der Waals surface area contributed by atoms with Gasteiger partial charge in [0, 0.05) is 11.8 Å². The minimum absolute atomic E-state index is 0.279. The van der Waals surface area contributed by atoms with Crippen LogP contribution in [0.2, 0.25) is 0 Å². The Bertz CT molecular complexity index is 1050. The number of fused-ring (bicyclic) bond motifs is 1. The topological polar surface area (TPSA) is 73.8 Å². The molecule has 0 radical (unpaired) electrons. The molecule has 0 bridgehead atoms. The Morgan fingerprint density at radius 3 is 2.62 bits per heavy atom. The molecule has 0 aliphatic carbocycles. The summed E-state index contributed by atoms with van der Waals surface area (Å²) in [6.07, 6.45) is 1.69. The second kappa shape index (κ2) is 5.73. The molecule has 0 fully saturated rings. The van der Waals surface area contributed by atoms with Crippen LogP contribution >= 0.6 is 0 Å². The van der Waals surface area contributed by atoms with E-state index in [0.29, 0.717) is 16.8 Å². The normalized spacial score (nSPS) is 11.0. The van der Waals surface area contributed by atoms with Gasteiger partial charge in [-0.2, -0.15) is 5.10 Å². The molecule has 0 saturated heterocycles. The van der Waals surface area contributed by atoms with Crippen molar-refractivity contribution in [2.24, 2.45) is 0 Å². The first kappa shape index (κ1) is 14.3. The third-order valence-electron chi connectivity index (χ3n) is 3.84. The number of hydrogen-bond acceptors (Lipinski definition) is 5. The predicted octanol–water partition coefficient (Wildman–Crippen LogP) is 2.80. The van der Waals surface area contributed by atoms with Gasteiger partial charge in [0.05, 0.1) is 17.6 Å². The molecule has 0 aliphatic rings. The van der Waals surface area contributed by atoms with Crippen LogP contribution in [0.3, 0.4) is 0 Å². The summed E-state index contributed by atoms with van der Waals surface area (Å²) in [5, 5.41) is 9.16. The molecule has 0 amide bonds. The zero-order valence-electron chi connectivity index (χ0n) is 13.0. The smallest absolute Gasteiger partial charge is 0.297 e. The molecule has 0 unspecified atom stereocenters. The standard InChI is InChI=1S/C18H14N4O2/c1-12-15-16(13-7-3-2-4-8-13)20-22(18(23)17(15)21-24-12)11-14-9-5-6-10-19-14/h2-10H,11H2,1H3. The van der Waals surface area contributed by atoms with E-state index in [0.717, 1.165) is 11.3 Å². The number of pyridine rings is 1. The molecule has 0 spiro atoms. The molecule has 4 aromatic rings. The Hall–Kier alpha value is -3.28. The van der Waals surface area contributed by atoms with Crippen molar-refractivity contribution in [3.63, 3.8) is 0 Å². The molecule has 4 rings (SSSR count). The maximum Gasteiger partial charge on any atom is 0.297 e. The van der Waals surface area contributed by atoms with E-state index in [1.165, 1.54) is 4.68 Å². The van der Waals surface area contributed by atoms with Crippen LogP contribution in [0.5, 0.6) is 0 Å². The van der Waals surface area contributed by atoms with Crippen molar-refractivity contribution in [1.29, 1.82) is 0 Å². The molecule has 6 heteroatoms. The van der Waals surface area contributed by atoms with Gasteiger partial charge in [-0.25, -0.2) is 4.68 Å². The molecule has 6 nitrogen and oxygen atoms in total. The zero-order chi connectivity index (χ0) is 16.5. The van der Waals surface area contributed by atoms with E-state index in [1.807, 2.05) is 48.5 Å². The van der Waals surface area contributed by atoms with Crippen LogP contribution in [0, 0.1) is 6.92 Å². The average Bonchev–Trinajstić information content (AvgIpc) is 3.01. The van der Waals surface area contributed by atoms with Crippen molar-refractivity contribution >= 4 is 10.9 Å². The number of hydrogen-bond donors (Lipinski definition) is 0. The van der Waals surface area contributed by atoms with Gasteiger partial charge >= 0.3 is 0 Å². The molecule has 0 aliphatic heterocycles. The van der Waals surface area contributed by atoms with Crippen LogP contribution in [-0.2, 0) is 6.54 Å². The van der Waals surface area contributed by atoms with Crippen molar-refractivity contribution in [3.8, 4) is 11.3 Å². The summed E-state index contributed by atoms with van der Waals surface area (Å²) >= 11 is 0. The summed E-state index contributed by atoms with van der Waals surface area (Å²) in [5.41, 5.74) is 2.35. The molecule has 3 heterocycles. The highest BCUT2D eigenvalue weighted by atomic mass is 16.5. The van der Waals surface area contributed by atoms with Crippen LogP contribution in [0.1, 0.15) is 11.5 Å². The van der Waals surface area contributed by atoms with Crippen molar-refractivity contribution in [3.05, 3.63) is 76.5 Å². The first-order valence-corrected chi connectivity index (χ1v) is 7.56. The zero-order valence-corrected chi connectivity index (χ0v) is 13.0. The minimum Gasteiger partial charge on any atom is -0.360 e. The van der Waals surface area contributed by atoms with E-state index in [4.69, 9.17) is 4.52 Å². The Labute approximate surface area is 137 Å². The van der Waals surface area contributed by atoms with Crippen molar-refractivity contribution < 1.29 is 4.52 Å². The number of benzene rings is 1. The summed E-state index contributed by atoms with van der Waals surface area (Å²) in [4.78, 5) is 16.9. The van der Waals surface area contributed by atoms with Gasteiger partial charge < -0.3 is 4.52 Å². The fourth-order valence-electron chi connectivity index (χ4n) is 2.69. The molecule has 3 aromatic heterocycles. The van der Waals surface area contributed by atoms with Gasteiger partial charge in [0.25, 0.3) is 5.56 Å². The van der Waals surface area contributed by atoms with Crippen molar-refractivity contribution in [1.82, 2.24) is 19.9 Å². The lowest BCUT2D eigenvalue weighted by molar-refractivity contribution is 0.405. The first-order valence-electron chi connectivity index (χ1n) is 7.56. The second-order valence-corrected chi connectivity index (χ2v) is 5.46. The molecule has 0 atom stereocenters. The van der Waals surface area contributed by atoms with Gasteiger partial charge in [0.15, 0.2) is 5.52 Å². The van der Waals surface area contributed by atoms with Gasteiger partial charge in [-0.15, -0.1) is 0 Å². The molecular weight excluding hydrogens is 304 g/mol. The van der Waals surface area contributed by atoms with Gasteiger partial charge in [-0.05, 0) is 19.1 Å². The lowest BCUT2D eigenvalue weighted by atomic mass is 10.1. The molecule has 1 aromatic carbocycles. The van der Waals surface area contributed by atoms with Gasteiger partial charge in [-0.1, -0.05) is 41.6 Å². The Kier molecular flexibility index (Phi) is 3.42. The van der Waals surface area contributed by atoms with E-state index in [-0.39, 0.29) is 17.6 Å². The Morgan fingerprint density at radius 2 is 1.88 bits per heavy atom. The summed E-state index contributed by atoms with van der Waals surface area (Å²) in [6, 6.07) is 15.3.